The van der Waals surface area contributed by atoms with Gasteiger partial charge in [-0.2, -0.15) is 0 Å². The van der Waals surface area contributed by atoms with Crippen LogP contribution in [0.4, 0.5) is 5.69 Å². The fourth-order valence-corrected chi connectivity index (χ4v) is 6.07. The van der Waals surface area contributed by atoms with Gasteiger partial charge in [-0.3, -0.25) is 9.36 Å². The van der Waals surface area contributed by atoms with Gasteiger partial charge >= 0.3 is 11.9 Å². The molecule has 0 fully saturated rings. The number of fused-ring (bicyclic) bond motifs is 1. The number of hydrogen-bond acceptors (Lipinski definition) is 7. The summed E-state index contributed by atoms with van der Waals surface area (Å²) in [4.78, 5) is 39.7. The van der Waals surface area contributed by atoms with Gasteiger partial charge in [-0.05, 0) is 41.5 Å². The van der Waals surface area contributed by atoms with Crippen LogP contribution in [0, 0.1) is 0 Å². The van der Waals surface area contributed by atoms with Crippen LogP contribution in [0.5, 0.6) is 0 Å². The lowest BCUT2D eigenvalue weighted by Gasteiger charge is -2.24. The molecule has 1 aliphatic heterocycles. The second-order valence-corrected chi connectivity index (χ2v) is 10.3. The highest BCUT2D eigenvalue weighted by Gasteiger charge is 2.39. The number of methoxy groups -OCH3 is 2. The van der Waals surface area contributed by atoms with Crippen molar-refractivity contribution in [3.63, 3.8) is 0 Å². The van der Waals surface area contributed by atoms with Crippen molar-refractivity contribution in [1.29, 1.82) is 0 Å². The molecule has 2 aromatic carbocycles. The van der Waals surface area contributed by atoms with E-state index in [1.54, 1.807) is 30.3 Å². The molecule has 12 heteroatoms. The SMILES string of the molecule is COC(=O)C1=c2/c(=C/c3ccc(Cl)cc3Cl)c(N)c(C(=O)OC)n2C(=O)[C@H](c2ccc(Cl)cc2Cl)S1. The molecule has 1 atom stereocenters. The topological polar surface area (TPSA) is 101 Å². The minimum Gasteiger partial charge on any atom is -0.465 e. The Morgan fingerprint density at radius 3 is 2.17 bits per heavy atom. The highest BCUT2D eigenvalue weighted by molar-refractivity contribution is 8.10. The molecule has 0 saturated heterocycles. The summed E-state index contributed by atoms with van der Waals surface area (Å²) in [5.41, 5.74) is 6.94. The average Bonchev–Trinajstić information content (AvgIpc) is 3.13. The zero-order valence-electron chi connectivity index (χ0n) is 18.6. The van der Waals surface area contributed by atoms with Crippen LogP contribution < -0.4 is 16.3 Å². The van der Waals surface area contributed by atoms with Crippen molar-refractivity contribution >= 4 is 92.7 Å². The van der Waals surface area contributed by atoms with E-state index in [2.05, 4.69) is 0 Å². The van der Waals surface area contributed by atoms with E-state index in [4.69, 9.17) is 61.6 Å². The monoisotopic (exact) mass is 584 g/mol. The number of nitrogens with zero attached hydrogens (tertiary/aromatic N) is 1. The lowest BCUT2D eigenvalue weighted by atomic mass is 10.1. The summed E-state index contributed by atoms with van der Waals surface area (Å²) in [5, 5.41) is 0.547. The summed E-state index contributed by atoms with van der Waals surface area (Å²) in [6.07, 6.45) is 1.55. The Morgan fingerprint density at radius 1 is 0.972 bits per heavy atom. The molecule has 0 aliphatic carbocycles. The molecule has 36 heavy (non-hydrogen) atoms. The number of aromatic nitrogens is 1. The number of halogens is 4. The fourth-order valence-electron chi connectivity index (χ4n) is 3.76. The van der Waals surface area contributed by atoms with Gasteiger partial charge in [0.2, 0.25) is 5.91 Å². The third-order valence-corrected chi connectivity index (χ3v) is 7.81. The number of esters is 2. The molecule has 0 amide bonds. The van der Waals surface area contributed by atoms with E-state index < -0.39 is 23.1 Å². The summed E-state index contributed by atoms with van der Waals surface area (Å²) < 4.78 is 11.0. The number of hydrogen-bond donors (Lipinski definition) is 1. The number of carbonyl (C=O) groups excluding carboxylic acids is 3. The highest BCUT2D eigenvalue weighted by atomic mass is 35.5. The van der Waals surface area contributed by atoms with Crippen molar-refractivity contribution in [3.8, 4) is 0 Å². The van der Waals surface area contributed by atoms with Crippen LogP contribution in [0.25, 0.3) is 11.0 Å². The molecule has 0 radical (unpaired) electrons. The van der Waals surface area contributed by atoms with Gasteiger partial charge in [0.15, 0.2) is 5.69 Å². The number of thioether (sulfide) groups is 1. The molecule has 2 heterocycles. The van der Waals surface area contributed by atoms with E-state index in [0.717, 1.165) is 23.4 Å². The van der Waals surface area contributed by atoms with Gasteiger partial charge < -0.3 is 15.2 Å². The first-order valence-electron chi connectivity index (χ1n) is 10.1. The zero-order valence-corrected chi connectivity index (χ0v) is 22.4. The zero-order chi connectivity index (χ0) is 26.3. The van der Waals surface area contributed by atoms with E-state index in [-0.39, 0.29) is 31.9 Å². The lowest BCUT2D eigenvalue weighted by Crippen LogP contribution is -2.42. The van der Waals surface area contributed by atoms with E-state index in [9.17, 15) is 14.4 Å². The fraction of sp³-hybridized carbons (Fsp3) is 0.125. The summed E-state index contributed by atoms with van der Waals surface area (Å²) >= 11 is 25.7. The predicted molar refractivity (Wildman–Crippen MR) is 142 cm³/mol. The summed E-state index contributed by atoms with van der Waals surface area (Å²) in [6, 6.07) is 9.40. The van der Waals surface area contributed by atoms with Crippen LogP contribution in [0.15, 0.2) is 36.4 Å². The molecule has 0 bridgehead atoms. The summed E-state index contributed by atoms with van der Waals surface area (Å²) in [5.74, 6) is -2.18. The van der Waals surface area contributed by atoms with Crippen molar-refractivity contribution in [2.75, 3.05) is 20.0 Å². The Bertz CT molecular complexity index is 1570. The standard InChI is InChI=1S/C24H16Cl4N2O5S/c1-34-23(32)19-17(29)14(7-10-3-4-11(25)8-15(10)27)18-21(24(33)35-2)36-20(22(31)30(18)19)13-6-5-12(26)9-16(13)28/h3-9,20H,29H2,1-2H3/b14-7+/t20-/m0/s1. The van der Waals surface area contributed by atoms with Gasteiger partial charge in [0, 0.05) is 25.3 Å². The Hall–Kier alpha value is -2.62. The van der Waals surface area contributed by atoms with Crippen molar-refractivity contribution in [2.24, 2.45) is 0 Å². The Kier molecular flexibility index (Phi) is 7.64. The van der Waals surface area contributed by atoms with Crippen LogP contribution in [0.3, 0.4) is 0 Å². The number of anilines is 1. The molecular weight excluding hydrogens is 570 g/mol. The molecule has 0 saturated carbocycles. The number of nitrogen functional groups attached to an aromatic ring is 1. The molecule has 0 spiro atoms. The summed E-state index contributed by atoms with van der Waals surface area (Å²) in [6.45, 7) is 0. The van der Waals surface area contributed by atoms with Gasteiger partial charge in [-0.1, -0.05) is 70.3 Å². The van der Waals surface area contributed by atoms with Crippen LogP contribution in [0.1, 0.15) is 31.7 Å². The van der Waals surface area contributed by atoms with E-state index in [1.807, 2.05) is 0 Å². The maximum Gasteiger partial charge on any atom is 0.357 e. The third kappa shape index (κ3) is 4.60. The second kappa shape index (κ2) is 10.4. The van der Waals surface area contributed by atoms with Gasteiger partial charge in [-0.25, -0.2) is 9.59 Å². The Morgan fingerprint density at radius 2 is 1.58 bits per heavy atom. The third-order valence-electron chi connectivity index (χ3n) is 5.40. The first kappa shape index (κ1) is 26.4. The van der Waals surface area contributed by atoms with Crippen molar-refractivity contribution < 1.29 is 23.9 Å². The first-order valence-corrected chi connectivity index (χ1v) is 12.5. The number of nitrogens with two attached hydrogens (primary N) is 1. The smallest absolute Gasteiger partial charge is 0.357 e. The molecule has 1 aliphatic rings. The van der Waals surface area contributed by atoms with E-state index in [1.165, 1.54) is 19.2 Å². The summed E-state index contributed by atoms with van der Waals surface area (Å²) in [7, 11) is 2.36. The van der Waals surface area contributed by atoms with Crippen LogP contribution in [-0.4, -0.2) is 36.6 Å². The van der Waals surface area contributed by atoms with E-state index >= 15 is 0 Å². The molecule has 3 aromatic rings. The largest absolute Gasteiger partial charge is 0.465 e. The number of ether oxygens (including phenoxy) is 2. The van der Waals surface area contributed by atoms with Gasteiger partial charge in [0.1, 0.15) is 10.2 Å². The van der Waals surface area contributed by atoms with Gasteiger partial charge in [-0.15, -0.1) is 0 Å². The first-order chi connectivity index (χ1) is 17.1. The normalized spacial score (nSPS) is 15.6. The Labute approximate surface area is 229 Å². The minimum atomic E-state index is -1.02. The van der Waals surface area contributed by atoms with Gasteiger partial charge in [0.25, 0.3) is 0 Å². The molecule has 4 rings (SSSR count). The predicted octanol–water partition coefficient (Wildman–Crippen LogP) is 4.71. The van der Waals surface area contributed by atoms with E-state index in [0.29, 0.717) is 26.2 Å². The van der Waals surface area contributed by atoms with Crippen molar-refractivity contribution in [3.05, 3.63) is 83.9 Å². The average molecular weight is 586 g/mol. The second-order valence-electron chi connectivity index (χ2n) is 7.48. The number of carbonyl (C=O) groups is 3. The Balaban J connectivity index is 2.13. The molecular formula is C24H16Cl4N2O5S. The molecule has 2 N–H and O–H groups in total. The van der Waals surface area contributed by atoms with Crippen molar-refractivity contribution in [1.82, 2.24) is 4.57 Å². The lowest BCUT2D eigenvalue weighted by molar-refractivity contribution is -0.133. The minimum absolute atomic E-state index is 0.0336. The van der Waals surface area contributed by atoms with Crippen LogP contribution in [0.2, 0.25) is 20.1 Å². The van der Waals surface area contributed by atoms with Crippen LogP contribution >= 0.6 is 58.2 Å². The number of rotatable bonds is 4. The molecule has 1 aromatic heterocycles. The highest BCUT2D eigenvalue weighted by Crippen LogP contribution is 2.42. The number of benzene rings is 2. The maximum absolute atomic E-state index is 13.8. The molecule has 0 unspecified atom stereocenters. The van der Waals surface area contributed by atoms with Crippen molar-refractivity contribution in [2.45, 2.75) is 5.25 Å². The van der Waals surface area contributed by atoms with Gasteiger partial charge in [0.05, 0.1) is 25.3 Å². The maximum atomic E-state index is 13.8. The quantitative estimate of drug-likeness (QED) is 0.443. The van der Waals surface area contributed by atoms with Crippen LogP contribution in [-0.2, 0) is 14.3 Å². The molecule has 186 valence electrons. The molecule has 7 nitrogen and oxygen atoms in total.